The lowest BCUT2D eigenvalue weighted by molar-refractivity contribution is -0.380. The SMILES string of the molecule is CC(=O)N1CCc2c(sc(NC(=O)/C=C/c3ccc([N+](=O)[O-])s3)c2C(N)=O)C1. The van der Waals surface area contributed by atoms with Gasteiger partial charge in [-0.05, 0) is 24.1 Å². The van der Waals surface area contributed by atoms with E-state index in [1.807, 2.05) is 0 Å². The number of nitrogens with one attached hydrogen (secondary N) is 1. The first kappa shape index (κ1) is 19.7. The van der Waals surface area contributed by atoms with Crippen LogP contribution in [-0.2, 0) is 22.6 Å². The van der Waals surface area contributed by atoms with E-state index in [4.69, 9.17) is 5.73 Å². The van der Waals surface area contributed by atoms with Crippen molar-refractivity contribution in [3.05, 3.63) is 49.2 Å². The van der Waals surface area contributed by atoms with E-state index >= 15 is 0 Å². The molecular formula is C17H16N4O5S2. The van der Waals surface area contributed by atoms with Crippen LogP contribution in [-0.4, -0.2) is 34.1 Å². The van der Waals surface area contributed by atoms with Gasteiger partial charge >= 0.3 is 5.00 Å². The third-order valence-electron chi connectivity index (χ3n) is 4.18. The standard InChI is InChI=1S/C17H16N4O5S2/c1-9(22)20-7-6-11-12(8-20)28-17(15(11)16(18)24)19-13(23)4-2-10-3-5-14(27-10)21(25)26/h2-5H,6-8H2,1H3,(H2,18,24)(H,19,23)/b4-2+. The molecular weight excluding hydrogens is 404 g/mol. The van der Waals surface area contributed by atoms with Gasteiger partial charge in [-0.15, -0.1) is 11.3 Å². The summed E-state index contributed by atoms with van der Waals surface area (Å²) >= 11 is 2.17. The Hall–Kier alpha value is -3.05. The molecule has 3 heterocycles. The fourth-order valence-corrected chi connectivity index (χ4v) is 4.86. The third kappa shape index (κ3) is 4.10. The molecule has 9 nitrogen and oxygen atoms in total. The van der Waals surface area contributed by atoms with Gasteiger partial charge in [-0.3, -0.25) is 24.5 Å². The number of nitro groups is 1. The second-order valence-electron chi connectivity index (χ2n) is 6.02. The molecule has 0 saturated carbocycles. The minimum absolute atomic E-state index is 0.0166. The smallest absolute Gasteiger partial charge is 0.324 e. The van der Waals surface area contributed by atoms with Crippen LogP contribution in [0.5, 0.6) is 0 Å². The van der Waals surface area contributed by atoms with Crippen LogP contribution in [0.3, 0.4) is 0 Å². The predicted octanol–water partition coefficient (Wildman–Crippen LogP) is 2.37. The van der Waals surface area contributed by atoms with E-state index in [-0.39, 0.29) is 16.5 Å². The Morgan fingerprint density at radius 2 is 2.07 bits per heavy atom. The summed E-state index contributed by atoms with van der Waals surface area (Å²) in [6.45, 7) is 2.35. The highest BCUT2D eigenvalue weighted by Gasteiger charge is 2.28. The summed E-state index contributed by atoms with van der Waals surface area (Å²) in [5, 5.41) is 13.7. The van der Waals surface area contributed by atoms with Crippen molar-refractivity contribution in [1.29, 1.82) is 0 Å². The first-order valence-corrected chi connectivity index (χ1v) is 9.82. The number of anilines is 1. The lowest BCUT2D eigenvalue weighted by Gasteiger charge is -2.25. The molecule has 11 heteroatoms. The van der Waals surface area contributed by atoms with Crippen LogP contribution in [0.2, 0.25) is 0 Å². The molecule has 0 bridgehead atoms. The molecule has 0 aliphatic carbocycles. The van der Waals surface area contributed by atoms with Gasteiger partial charge in [0.25, 0.3) is 5.91 Å². The van der Waals surface area contributed by atoms with Crippen molar-refractivity contribution >= 4 is 56.5 Å². The zero-order valence-electron chi connectivity index (χ0n) is 14.8. The summed E-state index contributed by atoms with van der Waals surface area (Å²) in [5.74, 6) is -1.18. The molecule has 0 spiro atoms. The summed E-state index contributed by atoms with van der Waals surface area (Å²) in [4.78, 5) is 49.0. The largest absolute Gasteiger partial charge is 0.365 e. The van der Waals surface area contributed by atoms with Gasteiger partial charge < -0.3 is 16.0 Å². The molecule has 3 amide bonds. The van der Waals surface area contributed by atoms with Crippen molar-refractivity contribution < 1.29 is 19.3 Å². The molecule has 1 aliphatic heterocycles. The number of nitrogens with zero attached hydrogens (tertiary/aromatic N) is 2. The number of amides is 3. The van der Waals surface area contributed by atoms with Gasteiger partial charge in [-0.25, -0.2) is 0 Å². The van der Waals surface area contributed by atoms with Gasteiger partial charge in [0.05, 0.1) is 17.0 Å². The van der Waals surface area contributed by atoms with E-state index in [2.05, 4.69) is 5.32 Å². The number of carbonyl (C=O) groups is 3. The highest BCUT2D eigenvalue weighted by atomic mass is 32.1. The Labute approximate surface area is 167 Å². The highest BCUT2D eigenvalue weighted by molar-refractivity contribution is 7.17. The molecule has 0 saturated heterocycles. The number of carbonyl (C=O) groups excluding carboxylic acids is 3. The van der Waals surface area contributed by atoms with Crippen LogP contribution in [0.15, 0.2) is 18.2 Å². The van der Waals surface area contributed by atoms with E-state index in [9.17, 15) is 24.5 Å². The monoisotopic (exact) mass is 420 g/mol. The zero-order valence-corrected chi connectivity index (χ0v) is 16.4. The van der Waals surface area contributed by atoms with Crippen molar-refractivity contribution in [2.45, 2.75) is 19.9 Å². The van der Waals surface area contributed by atoms with Gasteiger partial charge in [0.2, 0.25) is 11.8 Å². The second kappa shape index (κ2) is 7.90. The van der Waals surface area contributed by atoms with Gasteiger partial charge in [0.1, 0.15) is 5.00 Å². The average Bonchev–Trinajstić information content (AvgIpc) is 3.23. The molecule has 0 unspecified atom stereocenters. The lowest BCUT2D eigenvalue weighted by Crippen LogP contribution is -2.34. The zero-order chi connectivity index (χ0) is 20.4. The van der Waals surface area contributed by atoms with Gasteiger partial charge in [-0.1, -0.05) is 11.3 Å². The van der Waals surface area contributed by atoms with E-state index in [1.165, 1.54) is 36.5 Å². The Morgan fingerprint density at radius 3 is 2.68 bits per heavy atom. The van der Waals surface area contributed by atoms with Crippen molar-refractivity contribution in [2.75, 3.05) is 11.9 Å². The van der Waals surface area contributed by atoms with Gasteiger partial charge in [0.15, 0.2) is 0 Å². The van der Waals surface area contributed by atoms with Crippen molar-refractivity contribution in [3.63, 3.8) is 0 Å². The Balaban J connectivity index is 1.78. The Morgan fingerprint density at radius 1 is 1.32 bits per heavy atom. The first-order chi connectivity index (χ1) is 13.3. The molecule has 3 N–H and O–H groups in total. The molecule has 2 aromatic rings. The summed E-state index contributed by atoms with van der Waals surface area (Å²) in [7, 11) is 0. The summed E-state index contributed by atoms with van der Waals surface area (Å²) in [6.07, 6.45) is 3.19. The molecule has 28 heavy (non-hydrogen) atoms. The van der Waals surface area contributed by atoms with Crippen LogP contribution in [0, 0.1) is 10.1 Å². The van der Waals surface area contributed by atoms with Crippen LogP contribution in [0.4, 0.5) is 10.0 Å². The molecule has 0 fully saturated rings. The first-order valence-electron chi connectivity index (χ1n) is 8.19. The lowest BCUT2D eigenvalue weighted by atomic mass is 10.0. The number of hydrogen-bond acceptors (Lipinski definition) is 7. The maximum atomic E-state index is 12.2. The van der Waals surface area contributed by atoms with Gasteiger partial charge in [0, 0.05) is 35.4 Å². The van der Waals surface area contributed by atoms with Crippen LogP contribution < -0.4 is 11.1 Å². The number of thiophene rings is 2. The third-order valence-corrected chi connectivity index (χ3v) is 6.31. The fourth-order valence-electron chi connectivity index (χ4n) is 2.86. The van der Waals surface area contributed by atoms with E-state index in [1.54, 1.807) is 11.0 Å². The average molecular weight is 420 g/mol. The molecule has 0 aromatic carbocycles. The number of nitrogens with two attached hydrogens (primary N) is 1. The van der Waals surface area contributed by atoms with Crippen LogP contribution in [0.25, 0.3) is 6.08 Å². The van der Waals surface area contributed by atoms with Crippen molar-refractivity contribution in [3.8, 4) is 0 Å². The summed E-state index contributed by atoms with van der Waals surface area (Å²) < 4.78 is 0. The van der Waals surface area contributed by atoms with Crippen molar-refractivity contribution in [1.82, 2.24) is 4.90 Å². The highest BCUT2D eigenvalue weighted by Crippen LogP contribution is 2.37. The predicted molar refractivity (Wildman–Crippen MR) is 106 cm³/mol. The molecule has 0 radical (unpaired) electrons. The van der Waals surface area contributed by atoms with E-state index < -0.39 is 16.7 Å². The summed E-state index contributed by atoms with van der Waals surface area (Å²) in [5.41, 5.74) is 6.55. The minimum atomic E-state index is -0.637. The topological polar surface area (TPSA) is 136 Å². The summed E-state index contributed by atoms with van der Waals surface area (Å²) in [6, 6.07) is 2.91. The molecule has 0 atom stereocenters. The minimum Gasteiger partial charge on any atom is -0.365 e. The quantitative estimate of drug-likeness (QED) is 0.435. The van der Waals surface area contributed by atoms with Crippen LogP contribution >= 0.6 is 22.7 Å². The number of hydrogen-bond donors (Lipinski definition) is 2. The molecule has 1 aliphatic rings. The molecule has 146 valence electrons. The molecule has 2 aromatic heterocycles. The number of fused-ring (bicyclic) bond motifs is 1. The molecule has 3 rings (SSSR count). The number of primary amides is 1. The Bertz CT molecular complexity index is 1010. The second-order valence-corrected chi connectivity index (χ2v) is 8.22. The number of rotatable bonds is 5. The van der Waals surface area contributed by atoms with Crippen LogP contribution in [0.1, 0.15) is 32.6 Å². The fraction of sp³-hybridized carbons (Fsp3) is 0.235. The van der Waals surface area contributed by atoms with Crippen molar-refractivity contribution in [2.24, 2.45) is 5.73 Å². The maximum absolute atomic E-state index is 12.2. The maximum Gasteiger partial charge on any atom is 0.324 e. The van der Waals surface area contributed by atoms with E-state index in [0.29, 0.717) is 29.4 Å². The Kier molecular flexibility index (Phi) is 5.56. The van der Waals surface area contributed by atoms with Gasteiger partial charge in [-0.2, -0.15) is 0 Å². The normalized spacial score (nSPS) is 13.4. The van der Waals surface area contributed by atoms with E-state index in [0.717, 1.165) is 21.8 Å².